The van der Waals surface area contributed by atoms with Crippen molar-refractivity contribution in [3.8, 4) is 0 Å². The van der Waals surface area contributed by atoms with Crippen LogP contribution in [0.15, 0.2) is 48.5 Å². The van der Waals surface area contributed by atoms with E-state index in [1.807, 2.05) is 38.1 Å². The van der Waals surface area contributed by atoms with Crippen molar-refractivity contribution in [2.75, 3.05) is 0 Å². The molecule has 1 amide bonds. The Morgan fingerprint density at radius 1 is 1.08 bits per heavy atom. The molecule has 0 aliphatic rings. The van der Waals surface area contributed by atoms with Gasteiger partial charge in [-0.25, -0.2) is 4.39 Å². The predicted octanol–water partition coefficient (Wildman–Crippen LogP) is 3.96. The van der Waals surface area contributed by atoms with Gasteiger partial charge < -0.3 is 10.4 Å². The molecule has 0 saturated carbocycles. The fraction of sp³-hybridized carbons (Fsp3) is 0.300. The second-order valence-corrected chi connectivity index (χ2v) is 6.23. The van der Waals surface area contributed by atoms with Gasteiger partial charge in [-0.2, -0.15) is 0 Å². The van der Waals surface area contributed by atoms with Gasteiger partial charge in [0.2, 0.25) is 5.91 Å². The van der Waals surface area contributed by atoms with Crippen LogP contribution in [0.3, 0.4) is 0 Å². The van der Waals surface area contributed by atoms with Gasteiger partial charge in [-0.1, -0.05) is 43.3 Å². The van der Waals surface area contributed by atoms with Crippen molar-refractivity contribution < 1.29 is 19.1 Å². The minimum atomic E-state index is -0.972. The third-order valence-electron chi connectivity index (χ3n) is 4.21. The summed E-state index contributed by atoms with van der Waals surface area (Å²) in [7, 11) is 0. The largest absolute Gasteiger partial charge is 0.481 e. The van der Waals surface area contributed by atoms with Gasteiger partial charge in [0.15, 0.2) is 0 Å². The van der Waals surface area contributed by atoms with E-state index in [2.05, 4.69) is 5.32 Å². The zero-order valence-corrected chi connectivity index (χ0v) is 14.3. The molecule has 5 heteroatoms. The lowest BCUT2D eigenvalue weighted by Gasteiger charge is -2.21. The summed E-state index contributed by atoms with van der Waals surface area (Å²) in [5.74, 6) is -1.61. The maximum atomic E-state index is 13.0. The number of benzene rings is 2. The summed E-state index contributed by atoms with van der Waals surface area (Å²) in [5, 5.41) is 12.0. The average Bonchev–Trinajstić information content (AvgIpc) is 2.54. The fourth-order valence-electron chi connectivity index (χ4n) is 2.83. The molecule has 25 heavy (non-hydrogen) atoms. The Hall–Kier alpha value is -2.69. The number of carbonyl (C=O) groups excluding carboxylic acids is 1. The molecule has 0 fully saturated rings. The van der Waals surface area contributed by atoms with Gasteiger partial charge in [-0.15, -0.1) is 0 Å². The monoisotopic (exact) mass is 343 g/mol. The third-order valence-corrected chi connectivity index (χ3v) is 4.21. The Bertz CT molecular complexity index is 743. The molecule has 0 bridgehead atoms. The van der Waals surface area contributed by atoms with E-state index in [4.69, 9.17) is 5.11 Å². The van der Waals surface area contributed by atoms with E-state index in [0.717, 1.165) is 16.7 Å². The van der Waals surface area contributed by atoms with Crippen molar-refractivity contribution in [1.29, 1.82) is 0 Å². The summed E-state index contributed by atoms with van der Waals surface area (Å²) in [4.78, 5) is 23.6. The Labute approximate surface area is 146 Å². The molecule has 0 aliphatic heterocycles. The molecule has 0 radical (unpaired) electrons. The van der Waals surface area contributed by atoms with Crippen LogP contribution in [0.25, 0.3) is 0 Å². The highest BCUT2D eigenvalue weighted by atomic mass is 19.1. The molecule has 2 rings (SSSR count). The lowest BCUT2D eigenvalue weighted by atomic mass is 9.95. The van der Waals surface area contributed by atoms with E-state index in [0.29, 0.717) is 0 Å². The highest BCUT2D eigenvalue weighted by Crippen LogP contribution is 2.23. The molecule has 0 heterocycles. The summed E-state index contributed by atoms with van der Waals surface area (Å²) >= 11 is 0. The number of hydrogen-bond donors (Lipinski definition) is 2. The second-order valence-electron chi connectivity index (χ2n) is 6.23. The third kappa shape index (κ3) is 5.41. The number of halogens is 1. The molecule has 0 saturated heterocycles. The van der Waals surface area contributed by atoms with E-state index >= 15 is 0 Å². The first-order valence-corrected chi connectivity index (χ1v) is 8.19. The molecular formula is C20H22FNO3. The number of carbonyl (C=O) groups is 2. The van der Waals surface area contributed by atoms with Crippen LogP contribution in [0.5, 0.6) is 0 Å². The van der Waals surface area contributed by atoms with Crippen LogP contribution in [-0.2, 0) is 9.59 Å². The van der Waals surface area contributed by atoms with Gasteiger partial charge in [-0.3, -0.25) is 9.59 Å². The first-order chi connectivity index (χ1) is 11.9. The molecule has 132 valence electrons. The van der Waals surface area contributed by atoms with Crippen molar-refractivity contribution in [1.82, 2.24) is 5.32 Å². The number of hydrogen-bond acceptors (Lipinski definition) is 2. The first kappa shape index (κ1) is 18.6. The standard InChI is InChI=1S/C20H22FNO3/c1-13-5-3-4-6-17(13)18(12-20(24)25)22-19(23)11-14(2)15-7-9-16(21)10-8-15/h3-10,14,18H,11-12H2,1-2H3,(H,22,23)(H,24,25). The van der Waals surface area contributed by atoms with E-state index in [9.17, 15) is 14.0 Å². The molecular weight excluding hydrogens is 321 g/mol. The zero-order valence-electron chi connectivity index (χ0n) is 14.3. The number of aliphatic carboxylic acids is 1. The maximum Gasteiger partial charge on any atom is 0.305 e. The number of carboxylic acid groups (broad SMARTS) is 1. The predicted molar refractivity (Wildman–Crippen MR) is 93.7 cm³/mol. The van der Waals surface area contributed by atoms with Crippen molar-refractivity contribution in [3.05, 3.63) is 71.0 Å². The normalized spacial score (nSPS) is 13.1. The van der Waals surface area contributed by atoms with Crippen LogP contribution < -0.4 is 5.32 Å². The van der Waals surface area contributed by atoms with E-state index < -0.39 is 12.0 Å². The van der Waals surface area contributed by atoms with Crippen LogP contribution in [0.1, 0.15) is 48.4 Å². The van der Waals surface area contributed by atoms with Crippen molar-refractivity contribution >= 4 is 11.9 Å². The minimum Gasteiger partial charge on any atom is -0.481 e. The number of amides is 1. The zero-order chi connectivity index (χ0) is 18.4. The lowest BCUT2D eigenvalue weighted by Crippen LogP contribution is -2.31. The van der Waals surface area contributed by atoms with Gasteiger partial charge >= 0.3 is 5.97 Å². The van der Waals surface area contributed by atoms with Crippen LogP contribution in [0, 0.1) is 12.7 Å². The number of nitrogens with one attached hydrogen (secondary N) is 1. The summed E-state index contributed by atoms with van der Waals surface area (Å²) in [6.07, 6.45) is 0.0230. The summed E-state index contributed by atoms with van der Waals surface area (Å²) in [6.45, 7) is 3.77. The van der Waals surface area contributed by atoms with Crippen molar-refractivity contribution in [3.63, 3.8) is 0 Å². The SMILES string of the molecule is Cc1ccccc1C(CC(=O)O)NC(=O)CC(C)c1ccc(F)cc1. The van der Waals surface area contributed by atoms with Crippen LogP contribution >= 0.6 is 0 Å². The Balaban J connectivity index is 2.07. The van der Waals surface area contributed by atoms with E-state index in [1.165, 1.54) is 12.1 Å². The first-order valence-electron chi connectivity index (χ1n) is 8.19. The Morgan fingerprint density at radius 3 is 2.32 bits per heavy atom. The molecule has 2 atom stereocenters. The van der Waals surface area contributed by atoms with Crippen LogP contribution in [0.4, 0.5) is 4.39 Å². The van der Waals surface area contributed by atoms with E-state index in [1.54, 1.807) is 12.1 Å². The fourth-order valence-corrected chi connectivity index (χ4v) is 2.83. The molecule has 0 aliphatic carbocycles. The quantitative estimate of drug-likeness (QED) is 0.800. The van der Waals surface area contributed by atoms with Crippen LogP contribution in [-0.4, -0.2) is 17.0 Å². The Morgan fingerprint density at radius 2 is 1.72 bits per heavy atom. The van der Waals surface area contributed by atoms with Gasteiger partial charge in [-0.05, 0) is 41.7 Å². The second kappa shape index (κ2) is 8.42. The molecule has 2 N–H and O–H groups in total. The van der Waals surface area contributed by atoms with Gasteiger partial charge in [0.05, 0.1) is 12.5 Å². The highest BCUT2D eigenvalue weighted by molar-refractivity contribution is 5.78. The van der Waals surface area contributed by atoms with Crippen molar-refractivity contribution in [2.24, 2.45) is 0 Å². The molecule has 0 aromatic heterocycles. The molecule has 2 aromatic carbocycles. The van der Waals surface area contributed by atoms with Crippen molar-refractivity contribution in [2.45, 2.75) is 38.6 Å². The summed E-state index contributed by atoms with van der Waals surface area (Å²) < 4.78 is 13.0. The topological polar surface area (TPSA) is 66.4 Å². The molecule has 2 unspecified atom stereocenters. The number of aryl methyl sites for hydroxylation is 1. The Kier molecular flexibility index (Phi) is 6.28. The number of carboxylic acids is 1. The molecule has 2 aromatic rings. The van der Waals surface area contributed by atoms with Gasteiger partial charge in [0.25, 0.3) is 0 Å². The smallest absolute Gasteiger partial charge is 0.305 e. The number of rotatable bonds is 7. The maximum absolute atomic E-state index is 13.0. The highest BCUT2D eigenvalue weighted by Gasteiger charge is 2.21. The molecule has 0 spiro atoms. The van der Waals surface area contributed by atoms with Gasteiger partial charge in [0, 0.05) is 6.42 Å². The molecule has 4 nitrogen and oxygen atoms in total. The summed E-state index contributed by atoms with van der Waals surface area (Å²) in [5.41, 5.74) is 2.59. The van der Waals surface area contributed by atoms with Gasteiger partial charge in [0.1, 0.15) is 5.82 Å². The van der Waals surface area contributed by atoms with Crippen LogP contribution in [0.2, 0.25) is 0 Å². The average molecular weight is 343 g/mol. The lowest BCUT2D eigenvalue weighted by molar-refractivity contribution is -0.137. The van der Waals surface area contributed by atoms with E-state index in [-0.39, 0.29) is 30.5 Å². The minimum absolute atomic E-state index is 0.0945. The summed E-state index contributed by atoms with van der Waals surface area (Å²) in [6, 6.07) is 12.9.